The molecule has 194 valence electrons. The number of fused-ring (bicyclic) bond motifs is 2. The minimum absolute atomic E-state index is 0.104. The predicted octanol–water partition coefficient (Wildman–Crippen LogP) is 6.18. The van der Waals surface area contributed by atoms with E-state index in [0.29, 0.717) is 22.9 Å². The van der Waals surface area contributed by atoms with E-state index in [-0.39, 0.29) is 12.3 Å². The lowest BCUT2D eigenvalue weighted by Crippen LogP contribution is -2.14. The number of hydrogen-bond acceptors (Lipinski definition) is 7. The number of H-pyrrole nitrogens is 2. The van der Waals surface area contributed by atoms with Crippen molar-refractivity contribution in [2.45, 2.75) is 13.3 Å². The molecule has 40 heavy (non-hydrogen) atoms. The Bertz CT molecular complexity index is 2010. The van der Waals surface area contributed by atoms with Crippen molar-refractivity contribution >= 4 is 45.0 Å². The summed E-state index contributed by atoms with van der Waals surface area (Å²) in [6.07, 6.45) is 7.22. The quantitative estimate of drug-likeness (QED) is 0.231. The Hall–Kier alpha value is -5.22. The van der Waals surface area contributed by atoms with E-state index in [2.05, 4.69) is 54.5 Å². The molecule has 0 aliphatic rings. The Balaban J connectivity index is 1.21. The molecule has 0 atom stereocenters. The van der Waals surface area contributed by atoms with Crippen LogP contribution < -0.4 is 5.32 Å². The first kappa shape index (κ1) is 23.9. The normalized spacial score (nSPS) is 11.3. The summed E-state index contributed by atoms with van der Waals surface area (Å²) in [5, 5.41) is 11.3. The number of pyridine rings is 3. The largest absolute Gasteiger partial charge is 0.336 e. The Morgan fingerprint density at radius 1 is 0.950 bits per heavy atom. The lowest BCUT2D eigenvalue weighted by atomic mass is 10.1. The summed E-state index contributed by atoms with van der Waals surface area (Å²) in [5.74, 6) is 0.523. The maximum atomic E-state index is 12.6. The highest BCUT2D eigenvalue weighted by Crippen LogP contribution is 2.34. The maximum Gasteiger partial charge on any atom is 0.228 e. The summed E-state index contributed by atoms with van der Waals surface area (Å²) in [7, 11) is 0. The second-order valence-electron chi connectivity index (χ2n) is 9.42. The number of nitrogens with zero attached hydrogens (tertiary/aromatic N) is 5. The van der Waals surface area contributed by atoms with Crippen LogP contribution in [-0.2, 0) is 11.2 Å². The van der Waals surface area contributed by atoms with Crippen LogP contribution in [0.2, 0.25) is 0 Å². The highest BCUT2D eigenvalue weighted by atomic mass is 32.1. The third-order valence-electron chi connectivity index (χ3n) is 6.58. The number of aryl methyl sites for hydroxylation is 1. The molecule has 0 bridgehead atoms. The summed E-state index contributed by atoms with van der Waals surface area (Å²) in [6, 6.07) is 19.6. The number of imidazole rings is 1. The molecule has 0 saturated carbocycles. The van der Waals surface area contributed by atoms with Gasteiger partial charge in [0, 0.05) is 34.6 Å². The van der Waals surface area contributed by atoms with E-state index in [0.717, 1.165) is 43.7 Å². The number of thiophene rings is 1. The molecule has 1 aromatic carbocycles. The van der Waals surface area contributed by atoms with Crippen molar-refractivity contribution < 1.29 is 4.79 Å². The van der Waals surface area contributed by atoms with E-state index < -0.39 is 0 Å². The monoisotopic (exact) mass is 542 g/mol. The Labute approximate surface area is 232 Å². The number of amides is 1. The third kappa shape index (κ3) is 4.50. The molecule has 0 aliphatic carbocycles. The van der Waals surface area contributed by atoms with Crippen molar-refractivity contribution in [3.8, 4) is 33.2 Å². The molecule has 0 fully saturated rings. The van der Waals surface area contributed by atoms with Crippen molar-refractivity contribution in [2.75, 3.05) is 5.32 Å². The van der Waals surface area contributed by atoms with Gasteiger partial charge in [-0.05, 0) is 42.8 Å². The first-order valence-electron chi connectivity index (χ1n) is 12.7. The Morgan fingerprint density at radius 2 is 1.82 bits per heavy atom. The van der Waals surface area contributed by atoms with Gasteiger partial charge < -0.3 is 10.3 Å². The molecule has 0 aliphatic heterocycles. The van der Waals surface area contributed by atoms with Crippen molar-refractivity contribution in [1.82, 2.24) is 35.1 Å². The maximum absolute atomic E-state index is 12.6. The van der Waals surface area contributed by atoms with Crippen LogP contribution in [0.5, 0.6) is 0 Å². The number of aromatic amines is 2. The van der Waals surface area contributed by atoms with Crippen LogP contribution in [0.25, 0.3) is 55.3 Å². The number of benzene rings is 1. The fourth-order valence-electron chi connectivity index (χ4n) is 4.68. The van der Waals surface area contributed by atoms with Crippen LogP contribution in [0.3, 0.4) is 0 Å². The van der Waals surface area contributed by atoms with Crippen LogP contribution in [0.1, 0.15) is 10.4 Å². The molecule has 10 heteroatoms. The molecule has 1 amide bonds. The number of nitrogens with one attached hydrogen (secondary N) is 3. The number of aromatic nitrogens is 7. The molecule has 0 unspecified atom stereocenters. The van der Waals surface area contributed by atoms with Crippen LogP contribution in [0.15, 0.2) is 85.5 Å². The van der Waals surface area contributed by atoms with Crippen LogP contribution in [-0.4, -0.2) is 41.0 Å². The molecule has 0 saturated heterocycles. The van der Waals surface area contributed by atoms with Gasteiger partial charge in [0.1, 0.15) is 16.9 Å². The van der Waals surface area contributed by atoms with Gasteiger partial charge >= 0.3 is 0 Å². The average Bonchev–Trinajstić information content (AvgIpc) is 3.71. The van der Waals surface area contributed by atoms with Crippen molar-refractivity contribution in [3.63, 3.8) is 0 Å². The second-order valence-corrected chi connectivity index (χ2v) is 10.7. The van der Waals surface area contributed by atoms with Gasteiger partial charge in [0.2, 0.25) is 5.91 Å². The number of carbonyl (C=O) groups is 1. The lowest BCUT2D eigenvalue weighted by Gasteiger charge is -2.07. The zero-order valence-corrected chi connectivity index (χ0v) is 22.2. The van der Waals surface area contributed by atoms with E-state index in [1.54, 1.807) is 36.1 Å². The molecule has 6 aromatic heterocycles. The zero-order valence-electron chi connectivity index (χ0n) is 21.3. The van der Waals surface area contributed by atoms with Gasteiger partial charge in [0.15, 0.2) is 11.5 Å². The van der Waals surface area contributed by atoms with Gasteiger partial charge in [-0.25, -0.2) is 9.97 Å². The average molecular weight is 543 g/mol. The molecule has 0 spiro atoms. The van der Waals surface area contributed by atoms with E-state index >= 15 is 0 Å². The minimum Gasteiger partial charge on any atom is -0.336 e. The van der Waals surface area contributed by atoms with Crippen LogP contribution in [0.4, 0.5) is 5.69 Å². The second kappa shape index (κ2) is 9.83. The van der Waals surface area contributed by atoms with E-state index in [4.69, 9.17) is 4.98 Å². The predicted molar refractivity (Wildman–Crippen MR) is 157 cm³/mol. The van der Waals surface area contributed by atoms with E-state index in [9.17, 15) is 4.79 Å². The van der Waals surface area contributed by atoms with Crippen molar-refractivity contribution in [2.24, 2.45) is 0 Å². The summed E-state index contributed by atoms with van der Waals surface area (Å²) in [5.41, 5.74) is 7.06. The van der Waals surface area contributed by atoms with Crippen molar-refractivity contribution in [3.05, 3.63) is 95.9 Å². The van der Waals surface area contributed by atoms with Crippen LogP contribution >= 0.6 is 11.3 Å². The highest BCUT2D eigenvalue weighted by Gasteiger charge is 2.18. The molecular formula is C30H22N8OS. The number of hydrogen-bond donors (Lipinski definition) is 3. The van der Waals surface area contributed by atoms with Gasteiger partial charge in [0.05, 0.1) is 34.1 Å². The summed E-state index contributed by atoms with van der Waals surface area (Å²) in [6.45, 7) is 2.08. The van der Waals surface area contributed by atoms with Crippen LogP contribution in [0, 0.1) is 6.92 Å². The molecule has 7 rings (SSSR count). The molecule has 7 aromatic rings. The number of rotatable bonds is 6. The van der Waals surface area contributed by atoms with E-state index in [1.807, 2.05) is 48.5 Å². The van der Waals surface area contributed by atoms with Crippen molar-refractivity contribution in [1.29, 1.82) is 0 Å². The molecular weight excluding hydrogens is 520 g/mol. The fourth-order valence-corrected chi connectivity index (χ4v) is 5.55. The topological polar surface area (TPSA) is 125 Å². The van der Waals surface area contributed by atoms with Gasteiger partial charge in [-0.1, -0.05) is 30.3 Å². The Morgan fingerprint density at radius 3 is 2.67 bits per heavy atom. The summed E-state index contributed by atoms with van der Waals surface area (Å²) in [4.78, 5) is 36.7. The molecule has 0 radical (unpaired) electrons. The number of carbonyl (C=O) groups excluding carboxylic acids is 1. The first-order valence-corrected chi connectivity index (χ1v) is 13.5. The Kier molecular flexibility index (Phi) is 5.86. The zero-order chi connectivity index (χ0) is 27.1. The molecule has 6 heterocycles. The summed E-state index contributed by atoms with van der Waals surface area (Å²) >= 11 is 1.69. The van der Waals surface area contributed by atoms with Gasteiger partial charge in [-0.3, -0.25) is 19.9 Å². The number of anilines is 1. The fraction of sp³-hybridized carbons (Fsp3) is 0.0667. The van der Waals surface area contributed by atoms with Gasteiger partial charge in [-0.2, -0.15) is 5.10 Å². The molecule has 3 N–H and O–H groups in total. The van der Waals surface area contributed by atoms with E-state index in [1.165, 1.54) is 4.88 Å². The standard InChI is InChI=1S/C30H22N8OS/c1-17-7-8-24(40-17)28-27-23(9-10-32-28)35-30(36-27)26-22-13-20(15-33-29(22)38-37-26)19-12-21(16-31-14-19)34-25(39)11-18-5-3-2-4-6-18/h2-10,12-16H,11H2,1H3,(H,34,39)(H,35,36)(H,33,37,38). The van der Waals surface area contributed by atoms with Gasteiger partial charge in [0.25, 0.3) is 0 Å². The molecule has 9 nitrogen and oxygen atoms in total. The summed E-state index contributed by atoms with van der Waals surface area (Å²) < 4.78 is 0. The SMILES string of the molecule is Cc1ccc(-c2nccc3[nH]c(-c4n[nH]c5ncc(-c6cncc(NC(=O)Cc7ccccc7)c6)cc45)nc23)s1. The lowest BCUT2D eigenvalue weighted by molar-refractivity contribution is -0.115. The smallest absolute Gasteiger partial charge is 0.228 e. The first-order chi connectivity index (χ1) is 19.6. The third-order valence-corrected chi connectivity index (χ3v) is 7.59. The van der Waals surface area contributed by atoms with Gasteiger partial charge in [-0.15, -0.1) is 11.3 Å². The minimum atomic E-state index is -0.104. The highest BCUT2D eigenvalue weighted by molar-refractivity contribution is 7.15.